The van der Waals surface area contributed by atoms with Gasteiger partial charge in [-0.1, -0.05) is 180 Å². The fourth-order valence-corrected chi connectivity index (χ4v) is 11.2. The molecule has 3 heterocycles. The van der Waals surface area contributed by atoms with E-state index < -0.39 is 0 Å². The van der Waals surface area contributed by atoms with Crippen LogP contribution in [0.4, 0.5) is 0 Å². The third-order valence-electron chi connectivity index (χ3n) is 14.8. The number of aromatic nitrogens is 5. The first-order chi connectivity index (χ1) is 31.2. The molecule has 64 heavy (non-hydrogen) atoms. The maximum atomic E-state index is 5.21. The molecule has 10 aromatic rings. The van der Waals surface area contributed by atoms with E-state index in [0.29, 0.717) is 23.5 Å². The van der Waals surface area contributed by atoms with Crippen molar-refractivity contribution >= 4 is 44.9 Å². The highest BCUT2D eigenvalue weighted by Crippen LogP contribution is 2.56. The van der Waals surface area contributed by atoms with Crippen LogP contribution in [0.5, 0.6) is 0 Å². The maximum absolute atomic E-state index is 5.21. The molecule has 0 N–H and O–H groups in total. The number of rotatable bonds is 6. The monoisotopic (exact) mass is 827 g/mol. The van der Waals surface area contributed by atoms with E-state index in [4.69, 9.17) is 15.0 Å². The van der Waals surface area contributed by atoms with Gasteiger partial charge in [0.2, 0.25) is 5.95 Å². The van der Waals surface area contributed by atoms with Crippen molar-refractivity contribution < 1.29 is 0 Å². The molecular formula is C59H49N5. The van der Waals surface area contributed by atoms with Gasteiger partial charge in [-0.05, 0) is 93.3 Å². The lowest BCUT2D eigenvalue weighted by Gasteiger charge is -2.33. The summed E-state index contributed by atoms with van der Waals surface area (Å²) >= 11 is 0. The normalized spacial score (nSPS) is 16.1. The highest BCUT2D eigenvalue weighted by atomic mass is 15.2. The average molecular weight is 828 g/mol. The zero-order chi connectivity index (χ0) is 43.3. The number of nitrogens with zero attached hydrogens (tertiary/aromatic N) is 5. The van der Waals surface area contributed by atoms with Crippen molar-refractivity contribution in [1.29, 1.82) is 0 Å². The Balaban J connectivity index is 0.980. The van der Waals surface area contributed by atoms with Gasteiger partial charge in [-0.3, -0.25) is 4.57 Å². The van der Waals surface area contributed by atoms with Crippen molar-refractivity contribution in [3.8, 4) is 56.7 Å². The van der Waals surface area contributed by atoms with Gasteiger partial charge in [0.25, 0.3) is 0 Å². The second kappa shape index (κ2) is 14.3. The largest absolute Gasteiger partial charge is 0.309 e. The Kier molecular flexibility index (Phi) is 8.58. The first kappa shape index (κ1) is 38.3. The molecule has 1 unspecified atom stereocenters. The molecule has 0 aliphatic heterocycles. The molecule has 7 aromatic carbocycles. The SMILES string of the molecule is CC1C(C)(C)c2cccc(-c3ccc(-c4ccc(-n5c6ccccc6c6c7c8c(n(-c9nc(-c%10ccccc%10)nc(-c%10ccccc%10)n9)c7ccc65)=CCCC=8)cc4)cc3)c2C1(C)C. The Morgan fingerprint density at radius 3 is 1.72 bits per heavy atom. The van der Waals surface area contributed by atoms with E-state index >= 15 is 0 Å². The fourth-order valence-electron chi connectivity index (χ4n) is 11.2. The van der Waals surface area contributed by atoms with Crippen LogP contribution < -0.4 is 10.6 Å². The van der Waals surface area contributed by atoms with E-state index in [1.54, 1.807) is 0 Å². The third kappa shape index (κ3) is 5.73. The highest BCUT2D eigenvalue weighted by Gasteiger charge is 2.49. The minimum absolute atomic E-state index is 0.0930. The fraction of sp³-hybridized carbons (Fsp3) is 0.169. The van der Waals surface area contributed by atoms with Crippen molar-refractivity contribution in [3.05, 3.63) is 185 Å². The van der Waals surface area contributed by atoms with Crippen LogP contribution in [-0.4, -0.2) is 24.1 Å². The molecule has 0 spiro atoms. The summed E-state index contributed by atoms with van der Waals surface area (Å²) in [6, 6.07) is 59.0. The molecule has 0 saturated heterocycles. The molecule has 0 radical (unpaired) electrons. The quantitative estimate of drug-likeness (QED) is 0.168. The molecule has 3 aromatic heterocycles. The molecule has 2 aliphatic carbocycles. The predicted molar refractivity (Wildman–Crippen MR) is 265 cm³/mol. The molecule has 310 valence electrons. The first-order valence-corrected chi connectivity index (χ1v) is 22.7. The summed E-state index contributed by atoms with van der Waals surface area (Å²) < 4.78 is 4.69. The van der Waals surface area contributed by atoms with Gasteiger partial charge in [0.05, 0.1) is 21.9 Å². The molecule has 0 amide bonds. The number of hydrogen-bond donors (Lipinski definition) is 0. The van der Waals surface area contributed by atoms with Gasteiger partial charge in [0.15, 0.2) is 11.6 Å². The van der Waals surface area contributed by atoms with Crippen LogP contribution in [0.3, 0.4) is 0 Å². The summed E-state index contributed by atoms with van der Waals surface area (Å²) in [4.78, 5) is 15.4. The summed E-state index contributed by atoms with van der Waals surface area (Å²) in [7, 11) is 0. The van der Waals surface area contributed by atoms with E-state index in [-0.39, 0.29) is 10.8 Å². The summed E-state index contributed by atoms with van der Waals surface area (Å²) in [5.41, 5.74) is 14.7. The van der Waals surface area contributed by atoms with E-state index in [1.165, 1.54) is 65.8 Å². The van der Waals surface area contributed by atoms with Crippen molar-refractivity contribution in [2.24, 2.45) is 5.92 Å². The molecular weight excluding hydrogens is 779 g/mol. The second-order valence-corrected chi connectivity index (χ2v) is 18.9. The molecule has 5 heteroatoms. The molecule has 0 fully saturated rings. The molecule has 0 saturated carbocycles. The summed E-state index contributed by atoms with van der Waals surface area (Å²) in [5, 5.41) is 6.05. The van der Waals surface area contributed by atoms with Crippen molar-refractivity contribution in [2.45, 2.75) is 58.3 Å². The first-order valence-electron chi connectivity index (χ1n) is 22.7. The van der Waals surface area contributed by atoms with Gasteiger partial charge in [-0.25, -0.2) is 4.98 Å². The van der Waals surface area contributed by atoms with E-state index in [0.717, 1.165) is 40.5 Å². The lowest BCUT2D eigenvalue weighted by Crippen LogP contribution is -2.31. The second-order valence-electron chi connectivity index (χ2n) is 18.9. The highest BCUT2D eigenvalue weighted by molar-refractivity contribution is 6.21. The summed E-state index contributed by atoms with van der Waals surface area (Å²) in [5.74, 6) is 2.47. The maximum Gasteiger partial charge on any atom is 0.238 e. The molecule has 5 nitrogen and oxygen atoms in total. The Morgan fingerprint density at radius 1 is 0.469 bits per heavy atom. The van der Waals surface area contributed by atoms with Crippen LogP contribution in [0.25, 0.3) is 102 Å². The minimum atomic E-state index is 0.0930. The van der Waals surface area contributed by atoms with Crippen LogP contribution >= 0.6 is 0 Å². The van der Waals surface area contributed by atoms with Crippen LogP contribution in [0.2, 0.25) is 0 Å². The van der Waals surface area contributed by atoms with Crippen molar-refractivity contribution in [2.75, 3.05) is 0 Å². The number of fused-ring (bicyclic) bond motifs is 8. The van der Waals surface area contributed by atoms with Crippen LogP contribution in [0.1, 0.15) is 58.6 Å². The third-order valence-corrected chi connectivity index (χ3v) is 14.8. The van der Waals surface area contributed by atoms with Gasteiger partial charge >= 0.3 is 0 Å². The molecule has 0 bridgehead atoms. The van der Waals surface area contributed by atoms with Crippen LogP contribution in [-0.2, 0) is 10.8 Å². The van der Waals surface area contributed by atoms with Gasteiger partial charge in [0, 0.05) is 38.2 Å². The molecule has 2 aliphatic rings. The van der Waals surface area contributed by atoms with E-state index in [1.807, 2.05) is 36.4 Å². The lowest BCUT2D eigenvalue weighted by atomic mass is 9.71. The Bertz CT molecular complexity index is 3540. The van der Waals surface area contributed by atoms with E-state index in [9.17, 15) is 0 Å². The average Bonchev–Trinajstić information content (AvgIpc) is 3.91. The smallest absolute Gasteiger partial charge is 0.238 e. The number of benzene rings is 7. The predicted octanol–water partition coefficient (Wildman–Crippen LogP) is 13.1. The van der Waals surface area contributed by atoms with Crippen molar-refractivity contribution in [3.63, 3.8) is 0 Å². The van der Waals surface area contributed by atoms with E-state index in [2.05, 4.69) is 183 Å². The molecule has 1 atom stereocenters. The van der Waals surface area contributed by atoms with Crippen molar-refractivity contribution in [1.82, 2.24) is 24.1 Å². The molecule has 12 rings (SSSR count). The van der Waals surface area contributed by atoms with Crippen LogP contribution in [0, 0.1) is 5.92 Å². The van der Waals surface area contributed by atoms with Gasteiger partial charge in [0.1, 0.15) is 0 Å². The number of hydrogen-bond acceptors (Lipinski definition) is 3. The Labute approximate surface area is 373 Å². The minimum Gasteiger partial charge on any atom is -0.309 e. The van der Waals surface area contributed by atoms with Gasteiger partial charge in [-0.2, -0.15) is 9.97 Å². The summed E-state index contributed by atoms with van der Waals surface area (Å²) in [6.07, 6.45) is 6.70. The Morgan fingerprint density at radius 2 is 1.05 bits per heavy atom. The zero-order valence-corrected chi connectivity index (χ0v) is 37.0. The van der Waals surface area contributed by atoms with Gasteiger partial charge in [-0.15, -0.1) is 0 Å². The van der Waals surface area contributed by atoms with Gasteiger partial charge < -0.3 is 4.57 Å². The van der Waals surface area contributed by atoms with Crippen LogP contribution in [0.15, 0.2) is 164 Å². The lowest BCUT2D eigenvalue weighted by molar-refractivity contribution is 0.264. The summed E-state index contributed by atoms with van der Waals surface area (Å²) in [6.45, 7) is 12.1. The standard InChI is InChI=1S/C59H49N5/c1-37-58(2,3)47-24-16-23-44(54(47)59(37,4)5)40-29-27-38(28-30-40)39-31-33-43(34-32-39)63-48-25-14-12-21-45(48)52-50(63)35-36-51-53(52)46-22-13-15-26-49(46)64(51)57-61-55(41-17-8-6-9-18-41)60-56(62-57)42-19-10-7-11-20-42/h6-12,14,16-37H,13,15H2,1-5H3. The number of para-hydroxylation sites is 1. The Hall–Kier alpha value is -7.37. The zero-order valence-electron chi connectivity index (χ0n) is 37.0. The topological polar surface area (TPSA) is 48.5 Å².